The van der Waals surface area contributed by atoms with Gasteiger partial charge >= 0.3 is 23.9 Å². The first-order chi connectivity index (χ1) is 31.8. The summed E-state index contributed by atoms with van der Waals surface area (Å²) in [6, 6.07) is 13.4. The van der Waals surface area contributed by atoms with Crippen molar-refractivity contribution < 1.29 is 81.1 Å². The standard InChI is InChI=1S/4C15H22O3.W/c4*1-14(2,3)9-7-10(13(17)18)12(16)11(8-9)15(4,5)6;/h4*7-8,16H,1-6H3,(H,17,18);/p-4. The van der Waals surface area contributed by atoms with Gasteiger partial charge in [-0.2, -0.15) is 0 Å². The Morgan fingerprint density at radius 3 is 0.479 bits per heavy atom. The van der Waals surface area contributed by atoms with E-state index < -0.39 is 23.9 Å². The van der Waals surface area contributed by atoms with Gasteiger partial charge < -0.3 is 40.9 Å². The van der Waals surface area contributed by atoms with E-state index in [1.54, 1.807) is 0 Å². The molecule has 0 radical (unpaired) electrons. The van der Waals surface area contributed by atoms with Crippen molar-refractivity contribution in [3.8, 4) is 23.0 Å². The third-order valence-electron chi connectivity index (χ3n) is 12.0. The van der Waals surface area contributed by atoms with E-state index in [2.05, 4.69) is 0 Å². The molecule has 0 unspecified atom stereocenters. The van der Waals surface area contributed by atoms with Crippen molar-refractivity contribution in [2.24, 2.45) is 0 Å². The van der Waals surface area contributed by atoms with Gasteiger partial charge in [0.15, 0.2) is 0 Å². The number of carbonyl (C=O) groups is 4. The van der Waals surface area contributed by atoms with E-state index in [-0.39, 0.29) is 110 Å². The quantitative estimate of drug-likeness (QED) is 0.149. The van der Waals surface area contributed by atoms with Crippen LogP contribution in [0.1, 0.15) is 252 Å². The van der Waals surface area contributed by atoms with Crippen molar-refractivity contribution in [2.75, 3.05) is 0 Å². The summed E-state index contributed by atoms with van der Waals surface area (Å²) in [5.41, 5.74) is 3.07. The Balaban J connectivity index is 0.000000943. The molecule has 0 amide bonds. The van der Waals surface area contributed by atoms with Crippen molar-refractivity contribution >= 4 is 23.9 Å². The summed E-state index contributed by atoms with van der Waals surface area (Å²) in [6.07, 6.45) is 0. The van der Waals surface area contributed by atoms with Gasteiger partial charge in [0.1, 0.15) is 0 Å². The van der Waals surface area contributed by atoms with Crippen LogP contribution in [0.3, 0.4) is 0 Å². The summed E-state index contributed by atoms with van der Waals surface area (Å²) >= 11 is 0. The summed E-state index contributed by atoms with van der Waals surface area (Å²) in [6.45, 7) is 47.1. The fourth-order valence-corrected chi connectivity index (χ4v) is 7.11. The third kappa shape index (κ3) is 18.5. The van der Waals surface area contributed by atoms with Gasteiger partial charge in [-0.3, -0.25) is 0 Å². The molecule has 0 bridgehead atoms. The molecule has 4 aromatic rings. The van der Waals surface area contributed by atoms with Gasteiger partial charge in [0.2, 0.25) is 0 Å². The zero-order valence-corrected chi connectivity index (χ0v) is 51.0. The minimum absolute atomic E-state index is 0. The monoisotopic (exact) mass is 1180 g/mol. The molecule has 12 nitrogen and oxygen atoms in total. The van der Waals surface area contributed by atoms with E-state index in [1.165, 1.54) is 24.3 Å². The van der Waals surface area contributed by atoms with Gasteiger partial charge in [0, 0.05) is 21.1 Å². The number of hydrogen-bond acceptors (Lipinski definition) is 8. The van der Waals surface area contributed by atoms with E-state index in [0.29, 0.717) is 22.3 Å². The largest absolute Gasteiger partial charge is 0.872 e. The number of carboxylic acid groups (broad SMARTS) is 4. The second-order valence-corrected chi connectivity index (χ2v) is 26.8. The second kappa shape index (κ2) is 23.5. The van der Waals surface area contributed by atoms with Crippen molar-refractivity contribution in [3.63, 3.8) is 0 Å². The van der Waals surface area contributed by atoms with Crippen LogP contribution in [0.2, 0.25) is 0 Å². The molecule has 0 aliphatic heterocycles. The fraction of sp³-hybridized carbons (Fsp3) is 0.533. The van der Waals surface area contributed by atoms with Gasteiger partial charge in [-0.15, -0.1) is 0 Å². The van der Waals surface area contributed by atoms with Gasteiger partial charge in [-0.05, 0) is 112 Å². The predicted molar refractivity (Wildman–Crippen MR) is 281 cm³/mol. The molecule has 4 rings (SSSR count). The summed E-state index contributed by atoms with van der Waals surface area (Å²) < 4.78 is 0. The molecule has 406 valence electrons. The van der Waals surface area contributed by atoms with Crippen LogP contribution in [0.15, 0.2) is 48.5 Å². The molecule has 0 saturated carbocycles. The number of rotatable bonds is 4. The molecule has 73 heavy (non-hydrogen) atoms. The van der Waals surface area contributed by atoms with E-state index in [0.717, 1.165) is 22.3 Å². The summed E-state index contributed by atoms with van der Waals surface area (Å²) in [5, 5.41) is 85.2. The number of aromatic carboxylic acids is 4. The zero-order chi connectivity index (χ0) is 57.2. The fourth-order valence-electron chi connectivity index (χ4n) is 7.11. The molecule has 13 heteroatoms. The molecule has 0 spiro atoms. The maximum Gasteiger partial charge on any atom is 0.335 e. The van der Waals surface area contributed by atoms with Crippen LogP contribution in [0.4, 0.5) is 0 Å². The molecule has 0 fully saturated rings. The maximum absolute atomic E-state index is 12.2. The first-order valence-corrected chi connectivity index (χ1v) is 24.1. The number of carboxylic acids is 4. The first-order valence-electron chi connectivity index (χ1n) is 24.1. The molecular formula is C60H84O12W-4. The van der Waals surface area contributed by atoms with Crippen molar-refractivity contribution in [3.05, 3.63) is 115 Å². The van der Waals surface area contributed by atoms with Gasteiger partial charge in [-0.25, -0.2) is 19.2 Å². The van der Waals surface area contributed by atoms with Crippen LogP contribution in [0.25, 0.3) is 0 Å². The molecule has 0 saturated heterocycles. The Morgan fingerprint density at radius 1 is 0.274 bits per heavy atom. The molecule has 0 aliphatic carbocycles. The van der Waals surface area contributed by atoms with E-state index in [9.17, 15) is 39.6 Å². The summed E-state index contributed by atoms with van der Waals surface area (Å²) in [4.78, 5) is 44.7. The van der Waals surface area contributed by atoms with Crippen LogP contribution in [0, 0.1) is 0 Å². The van der Waals surface area contributed by atoms with E-state index in [4.69, 9.17) is 20.4 Å². The van der Waals surface area contributed by atoms with E-state index in [1.807, 2.05) is 190 Å². The van der Waals surface area contributed by atoms with Gasteiger partial charge in [0.05, 0.1) is 22.3 Å². The molecule has 0 aromatic heterocycles. The molecule has 4 aromatic carbocycles. The molecule has 0 atom stereocenters. The van der Waals surface area contributed by atoms with Crippen LogP contribution >= 0.6 is 0 Å². The predicted octanol–water partition coefficient (Wildman–Crippen LogP) is 12.2. The van der Waals surface area contributed by atoms with Gasteiger partial charge in [0.25, 0.3) is 0 Å². The van der Waals surface area contributed by atoms with Crippen LogP contribution < -0.4 is 20.4 Å². The zero-order valence-electron chi connectivity index (χ0n) is 48.1. The van der Waals surface area contributed by atoms with Crippen molar-refractivity contribution in [1.29, 1.82) is 0 Å². The normalized spacial score (nSPS) is 12.4. The Morgan fingerprint density at radius 2 is 0.397 bits per heavy atom. The smallest absolute Gasteiger partial charge is 0.335 e. The summed E-state index contributed by atoms with van der Waals surface area (Å²) in [5.74, 6) is -6.11. The Labute approximate surface area is 450 Å². The Hall–Kier alpha value is -5.35. The molecular weight excluding hydrogens is 1100 g/mol. The number of hydrogen-bond donors (Lipinski definition) is 4. The molecule has 4 N–H and O–H groups in total. The van der Waals surface area contributed by atoms with Crippen molar-refractivity contribution in [2.45, 2.75) is 209 Å². The Bertz CT molecular complexity index is 2270. The average molecular weight is 1180 g/mol. The van der Waals surface area contributed by atoms with Crippen LogP contribution in [-0.2, 0) is 64.4 Å². The molecule has 0 heterocycles. The van der Waals surface area contributed by atoms with Crippen LogP contribution in [-0.4, -0.2) is 44.3 Å². The van der Waals surface area contributed by atoms with Crippen molar-refractivity contribution in [1.82, 2.24) is 0 Å². The Kier molecular flexibility index (Phi) is 21.7. The maximum atomic E-state index is 12.2. The van der Waals surface area contributed by atoms with Crippen LogP contribution in [0.5, 0.6) is 23.0 Å². The summed E-state index contributed by atoms with van der Waals surface area (Å²) in [7, 11) is 0. The topological polar surface area (TPSA) is 241 Å². The van der Waals surface area contributed by atoms with Gasteiger partial charge in [-0.1, -0.05) is 213 Å². The third-order valence-corrected chi connectivity index (χ3v) is 12.0. The first kappa shape index (κ1) is 67.6. The second-order valence-electron chi connectivity index (χ2n) is 26.8. The molecule has 0 aliphatic rings. The van der Waals surface area contributed by atoms with E-state index >= 15 is 0 Å². The minimum Gasteiger partial charge on any atom is -0.872 e. The SMILES string of the molecule is CC(C)(C)c1cc(C(=O)O)c([O-])c(C(C)(C)C)c1.CC(C)(C)c1cc(C(=O)O)c([O-])c(C(C)(C)C)c1.CC(C)(C)c1cc(C(=O)O)c([O-])c(C(C)(C)C)c1.CC(C)(C)c1cc(C(=O)O)c([O-])c(C(C)(C)C)c1.[W]. The number of benzene rings is 4. The minimum atomic E-state index is -1.16. The average Bonchev–Trinajstić information content (AvgIpc) is 3.14.